The van der Waals surface area contributed by atoms with Crippen molar-refractivity contribution in [3.05, 3.63) is 57.5 Å². The molecule has 0 saturated carbocycles. The number of carbonyl (C=O) groups excluding carboxylic acids is 2. The van der Waals surface area contributed by atoms with Crippen LogP contribution in [0.4, 0.5) is 4.39 Å². The zero-order chi connectivity index (χ0) is 23.8. The van der Waals surface area contributed by atoms with Crippen molar-refractivity contribution >= 4 is 11.7 Å². The van der Waals surface area contributed by atoms with Crippen LogP contribution in [-0.4, -0.2) is 57.4 Å². The minimum Gasteiger partial charge on any atom is -0.501 e. The summed E-state index contributed by atoms with van der Waals surface area (Å²) < 4.78 is 14.4. The highest BCUT2D eigenvalue weighted by Gasteiger charge is 2.40. The lowest BCUT2D eigenvalue weighted by molar-refractivity contribution is -0.125. The number of nitrogens with zero attached hydrogens (tertiary/aromatic N) is 3. The van der Waals surface area contributed by atoms with E-state index in [9.17, 15) is 23.9 Å². The first-order valence-electron chi connectivity index (χ1n) is 11.0. The topological polar surface area (TPSA) is 117 Å². The fourth-order valence-electron chi connectivity index (χ4n) is 4.41. The molecule has 1 atom stereocenters. The lowest BCUT2D eigenvalue weighted by Gasteiger charge is -2.43. The van der Waals surface area contributed by atoms with Gasteiger partial charge in [-0.05, 0) is 44.5 Å². The molecule has 1 saturated heterocycles. The molecule has 1 fully saturated rings. The number of fused-ring (bicyclic) bond motifs is 1. The predicted octanol–water partition coefficient (Wildman–Crippen LogP) is 0.747. The number of hydrogen-bond donors (Lipinski definition) is 3. The van der Waals surface area contributed by atoms with Crippen LogP contribution in [0, 0.1) is 11.7 Å². The summed E-state index contributed by atoms with van der Waals surface area (Å²) in [5.74, 6) is -1.38. The number of amides is 1. The van der Waals surface area contributed by atoms with Crippen molar-refractivity contribution in [3.8, 4) is 5.75 Å². The Labute approximate surface area is 190 Å². The van der Waals surface area contributed by atoms with Crippen LogP contribution in [0.5, 0.6) is 5.75 Å². The normalized spacial score (nSPS) is 19.8. The third-order valence-corrected chi connectivity index (χ3v) is 6.52. The van der Waals surface area contributed by atoms with Gasteiger partial charge in [0.15, 0.2) is 11.5 Å². The Balaban J connectivity index is 1.57. The zero-order valence-electron chi connectivity index (χ0n) is 18.7. The van der Waals surface area contributed by atoms with E-state index in [1.165, 1.54) is 28.8 Å². The molecule has 33 heavy (non-hydrogen) atoms. The Morgan fingerprint density at radius 1 is 1.27 bits per heavy atom. The van der Waals surface area contributed by atoms with Crippen molar-refractivity contribution in [2.75, 3.05) is 26.2 Å². The second-order valence-corrected chi connectivity index (χ2v) is 9.04. The molecule has 0 aliphatic carbocycles. The van der Waals surface area contributed by atoms with E-state index < -0.39 is 22.8 Å². The second-order valence-electron chi connectivity index (χ2n) is 9.04. The van der Waals surface area contributed by atoms with Crippen molar-refractivity contribution in [3.63, 3.8) is 0 Å². The van der Waals surface area contributed by atoms with Gasteiger partial charge < -0.3 is 15.7 Å². The third-order valence-electron chi connectivity index (χ3n) is 6.52. The van der Waals surface area contributed by atoms with Crippen LogP contribution in [-0.2, 0) is 23.4 Å². The smallest absolute Gasteiger partial charge is 0.296 e. The molecule has 1 aromatic carbocycles. The average Bonchev–Trinajstić information content (AvgIpc) is 3.32. The Kier molecular flexibility index (Phi) is 6.31. The molecule has 176 valence electrons. The fraction of sp³-hybridized carbons (Fsp3) is 0.478. The Hall–Kier alpha value is -3.11. The van der Waals surface area contributed by atoms with Crippen LogP contribution >= 0.6 is 0 Å². The third kappa shape index (κ3) is 4.53. The quantitative estimate of drug-likeness (QED) is 0.586. The van der Waals surface area contributed by atoms with Gasteiger partial charge in [0.25, 0.3) is 11.5 Å². The van der Waals surface area contributed by atoms with Crippen molar-refractivity contribution in [1.29, 1.82) is 0 Å². The number of Topliss-reactive ketones (excluding diaryl/α,β-unsaturated/α-hetero) is 1. The van der Waals surface area contributed by atoms with E-state index in [2.05, 4.69) is 15.6 Å². The van der Waals surface area contributed by atoms with Gasteiger partial charge >= 0.3 is 0 Å². The van der Waals surface area contributed by atoms with E-state index >= 15 is 0 Å². The number of aromatic hydroxyl groups is 1. The standard InChI is InChI=1S/C23H28FN5O4/c1-23(2)22-27-18(20(32)26-11-14-3-5-16(24)6-4-14)19(31)21(33)29(22)10-9-28(23)13-17(30)15-7-8-25-12-15/h3-6,15,25,31H,7-13H2,1-2H3,(H,26,32). The molecular formula is C23H28FN5O4. The van der Waals surface area contributed by atoms with Crippen molar-refractivity contribution < 1.29 is 19.1 Å². The Morgan fingerprint density at radius 2 is 2.00 bits per heavy atom. The minimum absolute atomic E-state index is 0.0227. The van der Waals surface area contributed by atoms with Gasteiger partial charge in [0.05, 0.1) is 12.1 Å². The highest BCUT2D eigenvalue weighted by Crippen LogP contribution is 2.31. The summed E-state index contributed by atoms with van der Waals surface area (Å²) >= 11 is 0. The second kappa shape index (κ2) is 9.03. The van der Waals surface area contributed by atoms with Gasteiger partial charge in [-0.25, -0.2) is 9.37 Å². The molecule has 2 aliphatic heterocycles. The fourth-order valence-corrected chi connectivity index (χ4v) is 4.41. The highest BCUT2D eigenvalue weighted by molar-refractivity contribution is 5.94. The van der Waals surface area contributed by atoms with Crippen molar-refractivity contribution in [1.82, 2.24) is 25.1 Å². The van der Waals surface area contributed by atoms with Gasteiger partial charge in [0.1, 0.15) is 11.6 Å². The molecule has 1 amide bonds. The summed E-state index contributed by atoms with van der Waals surface area (Å²) in [5, 5.41) is 16.2. The molecule has 0 spiro atoms. The maximum absolute atomic E-state index is 13.1. The summed E-state index contributed by atoms with van der Waals surface area (Å²) in [4.78, 5) is 44.7. The molecule has 3 N–H and O–H groups in total. The van der Waals surface area contributed by atoms with Gasteiger partial charge in [-0.2, -0.15) is 0 Å². The molecule has 0 bridgehead atoms. The SMILES string of the molecule is CC1(C)c2nc(C(=O)NCc3ccc(F)cc3)c(O)c(=O)n2CCN1CC(=O)C1CCNC1. The van der Waals surface area contributed by atoms with Gasteiger partial charge in [-0.15, -0.1) is 0 Å². The van der Waals surface area contributed by atoms with Crippen LogP contribution in [0.2, 0.25) is 0 Å². The maximum Gasteiger partial charge on any atom is 0.296 e. The van der Waals surface area contributed by atoms with E-state index in [1.54, 1.807) is 0 Å². The first kappa shape index (κ1) is 23.1. The van der Waals surface area contributed by atoms with E-state index in [-0.39, 0.29) is 42.8 Å². The maximum atomic E-state index is 13.1. The minimum atomic E-state index is -0.807. The summed E-state index contributed by atoms with van der Waals surface area (Å²) in [6.07, 6.45) is 0.813. The van der Waals surface area contributed by atoms with E-state index in [4.69, 9.17) is 0 Å². The van der Waals surface area contributed by atoms with Crippen LogP contribution in [0.3, 0.4) is 0 Å². The molecule has 2 aliphatic rings. The number of benzene rings is 1. The van der Waals surface area contributed by atoms with Gasteiger partial charge in [0, 0.05) is 32.1 Å². The largest absolute Gasteiger partial charge is 0.501 e. The summed E-state index contributed by atoms with van der Waals surface area (Å²) in [6, 6.07) is 5.62. The Morgan fingerprint density at radius 3 is 2.67 bits per heavy atom. The van der Waals surface area contributed by atoms with Crippen molar-refractivity contribution in [2.24, 2.45) is 5.92 Å². The van der Waals surface area contributed by atoms with E-state index in [0.29, 0.717) is 24.5 Å². The lowest BCUT2D eigenvalue weighted by atomic mass is 9.95. The molecule has 1 unspecified atom stereocenters. The van der Waals surface area contributed by atoms with Crippen LogP contribution in [0.1, 0.15) is 42.1 Å². The number of nitrogens with one attached hydrogen (secondary N) is 2. The number of aromatic nitrogens is 2. The summed E-state index contributed by atoms with van der Waals surface area (Å²) in [7, 11) is 0. The van der Waals surface area contributed by atoms with E-state index in [0.717, 1.165) is 13.0 Å². The average molecular weight is 458 g/mol. The van der Waals surface area contributed by atoms with Gasteiger partial charge in [0.2, 0.25) is 5.75 Å². The molecule has 10 heteroatoms. The summed E-state index contributed by atoms with van der Waals surface area (Å²) in [6.45, 7) is 6.21. The van der Waals surface area contributed by atoms with E-state index in [1.807, 2.05) is 18.7 Å². The van der Waals surface area contributed by atoms with Crippen LogP contribution in [0.25, 0.3) is 0 Å². The molecule has 9 nitrogen and oxygen atoms in total. The highest BCUT2D eigenvalue weighted by atomic mass is 19.1. The van der Waals surface area contributed by atoms with Crippen molar-refractivity contribution in [2.45, 2.75) is 38.9 Å². The van der Waals surface area contributed by atoms with Gasteiger partial charge in [-0.3, -0.25) is 23.9 Å². The van der Waals surface area contributed by atoms with Gasteiger partial charge in [-0.1, -0.05) is 12.1 Å². The first-order chi connectivity index (χ1) is 15.7. The van der Waals surface area contributed by atoms with Crippen LogP contribution < -0.4 is 16.2 Å². The number of halogens is 1. The number of carbonyl (C=O) groups is 2. The number of ketones is 1. The lowest BCUT2D eigenvalue weighted by Crippen LogP contribution is -2.54. The molecule has 0 radical (unpaired) electrons. The first-order valence-corrected chi connectivity index (χ1v) is 11.0. The number of rotatable bonds is 6. The Bertz CT molecular complexity index is 1120. The molecule has 3 heterocycles. The number of hydrogen-bond acceptors (Lipinski definition) is 7. The molecular weight excluding hydrogens is 429 g/mol. The zero-order valence-corrected chi connectivity index (χ0v) is 18.7. The predicted molar refractivity (Wildman–Crippen MR) is 118 cm³/mol. The monoisotopic (exact) mass is 457 g/mol. The van der Waals surface area contributed by atoms with Crippen LogP contribution in [0.15, 0.2) is 29.1 Å². The molecule has 2 aromatic rings. The summed E-state index contributed by atoms with van der Waals surface area (Å²) in [5.41, 5.74) is -1.20. The molecule has 1 aromatic heterocycles. The molecule has 4 rings (SSSR count).